The van der Waals surface area contributed by atoms with Crippen LogP contribution in [0.2, 0.25) is 0 Å². The SMILES string of the molecule is CCOCCn1c(=NC(=O)Cc2cccc3ccccc23)sc2cc(NC(C)=O)ccc21. The summed E-state index contributed by atoms with van der Waals surface area (Å²) in [4.78, 5) is 29.4. The van der Waals surface area contributed by atoms with Crippen LogP contribution in [0.3, 0.4) is 0 Å². The second-order valence-corrected chi connectivity index (χ2v) is 8.43. The number of aromatic nitrogens is 1. The second kappa shape index (κ2) is 9.89. The lowest BCUT2D eigenvalue weighted by Gasteiger charge is -2.07. The van der Waals surface area contributed by atoms with E-state index in [1.165, 1.54) is 18.3 Å². The first kappa shape index (κ1) is 21.9. The van der Waals surface area contributed by atoms with Gasteiger partial charge in [-0.3, -0.25) is 9.59 Å². The monoisotopic (exact) mass is 447 g/mol. The molecular weight excluding hydrogens is 422 g/mol. The van der Waals surface area contributed by atoms with Crippen LogP contribution in [0.4, 0.5) is 5.69 Å². The summed E-state index contributed by atoms with van der Waals surface area (Å²) in [5.41, 5.74) is 2.64. The summed E-state index contributed by atoms with van der Waals surface area (Å²) in [6.07, 6.45) is 0.234. The summed E-state index contributed by atoms with van der Waals surface area (Å²) in [5, 5.41) is 4.98. The van der Waals surface area contributed by atoms with E-state index in [1.54, 1.807) is 0 Å². The standard InChI is InChI=1S/C25H25N3O3S/c1-3-31-14-13-28-22-12-11-20(26-17(2)29)16-23(22)32-25(28)27-24(30)15-19-9-6-8-18-7-4-5-10-21(18)19/h4-12,16H,3,13-15H2,1-2H3,(H,26,29). The molecule has 7 heteroatoms. The van der Waals surface area contributed by atoms with Crippen LogP contribution < -0.4 is 10.1 Å². The van der Waals surface area contributed by atoms with Crippen molar-refractivity contribution in [2.45, 2.75) is 26.8 Å². The molecule has 6 nitrogen and oxygen atoms in total. The molecule has 2 amide bonds. The van der Waals surface area contributed by atoms with Crippen molar-refractivity contribution in [1.29, 1.82) is 0 Å². The van der Waals surface area contributed by atoms with E-state index < -0.39 is 0 Å². The number of fused-ring (bicyclic) bond motifs is 2. The molecule has 4 aromatic rings. The maximum absolute atomic E-state index is 12.9. The lowest BCUT2D eigenvalue weighted by atomic mass is 10.0. The van der Waals surface area contributed by atoms with Crippen LogP contribution >= 0.6 is 11.3 Å². The molecule has 0 aliphatic carbocycles. The second-order valence-electron chi connectivity index (χ2n) is 7.42. The number of thiazole rings is 1. The highest BCUT2D eigenvalue weighted by Crippen LogP contribution is 2.23. The molecule has 0 fully saturated rings. The normalized spacial score (nSPS) is 11.9. The van der Waals surface area contributed by atoms with Crippen molar-refractivity contribution >= 4 is 49.8 Å². The Balaban J connectivity index is 1.70. The van der Waals surface area contributed by atoms with Crippen molar-refractivity contribution in [1.82, 2.24) is 4.57 Å². The number of benzene rings is 3. The number of carbonyl (C=O) groups is 2. The minimum absolute atomic E-state index is 0.125. The van der Waals surface area contributed by atoms with E-state index in [0.717, 1.165) is 32.2 Å². The highest BCUT2D eigenvalue weighted by atomic mass is 32.1. The molecule has 0 saturated carbocycles. The minimum Gasteiger partial charge on any atom is -0.380 e. The molecule has 0 aliphatic rings. The minimum atomic E-state index is -0.194. The van der Waals surface area contributed by atoms with Crippen molar-refractivity contribution in [2.75, 3.05) is 18.5 Å². The maximum atomic E-state index is 12.9. The maximum Gasteiger partial charge on any atom is 0.252 e. The van der Waals surface area contributed by atoms with Gasteiger partial charge < -0.3 is 14.6 Å². The highest BCUT2D eigenvalue weighted by Gasteiger charge is 2.11. The molecule has 1 N–H and O–H groups in total. The number of nitrogens with zero attached hydrogens (tertiary/aromatic N) is 2. The fourth-order valence-corrected chi connectivity index (χ4v) is 4.82. The zero-order valence-electron chi connectivity index (χ0n) is 18.1. The van der Waals surface area contributed by atoms with Crippen LogP contribution in [0, 0.1) is 0 Å². The largest absolute Gasteiger partial charge is 0.380 e. The van der Waals surface area contributed by atoms with Crippen molar-refractivity contribution in [3.8, 4) is 0 Å². The van der Waals surface area contributed by atoms with Crippen LogP contribution in [0.5, 0.6) is 0 Å². The van der Waals surface area contributed by atoms with Crippen LogP contribution in [-0.4, -0.2) is 29.6 Å². The van der Waals surface area contributed by atoms with Gasteiger partial charge in [0.1, 0.15) is 0 Å². The van der Waals surface area contributed by atoms with Crippen LogP contribution in [0.1, 0.15) is 19.4 Å². The predicted octanol–water partition coefficient (Wildman–Crippen LogP) is 4.52. The summed E-state index contributed by atoms with van der Waals surface area (Å²) in [6.45, 7) is 5.18. The Labute approximate surface area is 190 Å². The third-order valence-electron chi connectivity index (χ3n) is 5.11. The van der Waals surface area contributed by atoms with Gasteiger partial charge in [0.15, 0.2) is 4.80 Å². The van der Waals surface area contributed by atoms with E-state index in [9.17, 15) is 9.59 Å². The number of rotatable bonds is 7. The molecule has 4 rings (SSSR count). The van der Waals surface area contributed by atoms with Gasteiger partial charge >= 0.3 is 0 Å². The van der Waals surface area contributed by atoms with Crippen LogP contribution in [-0.2, 0) is 27.3 Å². The fourth-order valence-electron chi connectivity index (χ4n) is 3.71. The average molecular weight is 448 g/mol. The number of hydrogen-bond donors (Lipinski definition) is 1. The molecule has 0 radical (unpaired) electrons. The van der Waals surface area contributed by atoms with Gasteiger partial charge in [-0.15, -0.1) is 0 Å². The smallest absolute Gasteiger partial charge is 0.252 e. The van der Waals surface area contributed by atoms with Gasteiger partial charge in [0.2, 0.25) is 5.91 Å². The Morgan fingerprint density at radius 1 is 1.09 bits per heavy atom. The number of anilines is 1. The molecule has 1 heterocycles. The quantitative estimate of drug-likeness (QED) is 0.423. The van der Waals surface area contributed by atoms with Gasteiger partial charge in [-0.2, -0.15) is 4.99 Å². The van der Waals surface area contributed by atoms with Gasteiger partial charge in [-0.1, -0.05) is 53.8 Å². The van der Waals surface area contributed by atoms with Gasteiger partial charge in [-0.25, -0.2) is 0 Å². The van der Waals surface area contributed by atoms with Crippen LogP contribution in [0.25, 0.3) is 21.0 Å². The molecule has 3 aromatic carbocycles. The summed E-state index contributed by atoms with van der Waals surface area (Å²) in [6, 6.07) is 19.7. The third-order valence-corrected chi connectivity index (χ3v) is 6.15. The van der Waals surface area contributed by atoms with Crippen molar-refractivity contribution in [2.24, 2.45) is 4.99 Å². The van der Waals surface area contributed by atoms with E-state index in [-0.39, 0.29) is 18.2 Å². The molecule has 32 heavy (non-hydrogen) atoms. The van der Waals surface area contributed by atoms with Crippen molar-refractivity contribution < 1.29 is 14.3 Å². The van der Waals surface area contributed by atoms with E-state index in [4.69, 9.17) is 4.74 Å². The highest BCUT2D eigenvalue weighted by molar-refractivity contribution is 7.16. The zero-order chi connectivity index (χ0) is 22.5. The van der Waals surface area contributed by atoms with E-state index >= 15 is 0 Å². The van der Waals surface area contributed by atoms with Gasteiger partial charge in [0.25, 0.3) is 5.91 Å². The van der Waals surface area contributed by atoms with Gasteiger partial charge in [0.05, 0.1) is 23.2 Å². The van der Waals surface area contributed by atoms with Crippen molar-refractivity contribution in [3.63, 3.8) is 0 Å². The predicted molar refractivity (Wildman–Crippen MR) is 129 cm³/mol. The van der Waals surface area contributed by atoms with E-state index in [2.05, 4.69) is 10.3 Å². The Bertz CT molecular complexity index is 1350. The van der Waals surface area contributed by atoms with E-state index in [1.807, 2.05) is 72.2 Å². The Kier molecular flexibility index (Phi) is 6.78. The zero-order valence-corrected chi connectivity index (χ0v) is 18.9. The summed E-state index contributed by atoms with van der Waals surface area (Å²) in [7, 11) is 0. The molecule has 0 aliphatic heterocycles. The summed E-state index contributed by atoms with van der Waals surface area (Å²) < 4.78 is 8.49. The van der Waals surface area contributed by atoms with Gasteiger partial charge in [-0.05, 0) is 41.5 Å². The lowest BCUT2D eigenvalue weighted by Crippen LogP contribution is -2.20. The first-order valence-electron chi connectivity index (χ1n) is 10.6. The molecule has 0 spiro atoms. The lowest BCUT2D eigenvalue weighted by molar-refractivity contribution is -0.117. The molecule has 0 atom stereocenters. The first-order valence-corrected chi connectivity index (χ1v) is 11.4. The van der Waals surface area contributed by atoms with Gasteiger partial charge in [0, 0.05) is 25.8 Å². The molecule has 0 unspecified atom stereocenters. The topological polar surface area (TPSA) is 72.7 Å². The number of hydrogen-bond acceptors (Lipinski definition) is 4. The molecule has 1 aromatic heterocycles. The Morgan fingerprint density at radius 2 is 1.91 bits per heavy atom. The molecule has 164 valence electrons. The average Bonchev–Trinajstić information content (AvgIpc) is 3.10. The number of carbonyl (C=O) groups excluding carboxylic acids is 2. The molecular formula is C25H25N3O3S. The number of amides is 2. The Hall–Kier alpha value is -3.29. The molecule has 0 bridgehead atoms. The van der Waals surface area contributed by atoms with Crippen LogP contribution in [0.15, 0.2) is 65.7 Å². The first-order chi connectivity index (χ1) is 15.5. The third kappa shape index (κ3) is 4.95. The number of ether oxygens (including phenoxy) is 1. The van der Waals surface area contributed by atoms with E-state index in [0.29, 0.717) is 24.6 Å². The molecule has 0 saturated heterocycles. The number of nitrogens with one attached hydrogen (secondary N) is 1. The summed E-state index contributed by atoms with van der Waals surface area (Å²) in [5.74, 6) is -0.319. The fraction of sp³-hybridized carbons (Fsp3) is 0.240. The summed E-state index contributed by atoms with van der Waals surface area (Å²) >= 11 is 1.43. The Morgan fingerprint density at radius 3 is 2.72 bits per heavy atom. The van der Waals surface area contributed by atoms with Crippen molar-refractivity contribution in [3.05, 3.63) is 71.0 Å².